The average Bonchev–Trinajstić information content (AvgIpc) is 2.26. The molecule has 1 atom stereocenters. The largest absolute Gasteiger partial charge is 0.432 e. The molecule has 0 fully saturated rings. The molecule has 0 aliphatic rings. The number of hydrogen-bond acceptors (Lipinski definition) is 3. The molecule has 0 aliphatic heterocycles. The molecular formula is C11H18F2O3. The molecule has 0 saturated carbocycles. The second-order valence-corrected chi connectivity index (χ2v) is 3.35. The van der Waals surface area contributed by atoms with Gasteiger partial charge in [0.2, 0.25) is 6.29 Å². The van der Waals surface area contributed by atoms with Gasteiger partial charge < -0.3 is 9.47 Å². The lowest BCUT2D eigenvalue weighted by Gasteiger charge is -2.16. The summed E-state index contributed by atoms with van der Waals surface area (Å²) in [5.74, 6) is -1.02. The highest BCUT2D eigenvalue weighted by Crippen LogP contribution is 2.11. The highest BCUT2D eigenvalue weighted by Gasteiger charge is 2.17. The molecule has 0 spiro atoms. The van der Waals surface area contributed by atoms with Crippen LogP contribution >= 0.6 is 0 Å². The van der Waals surface area contributed by atoms with Crippen LogP contribution in [0.2, 0.25) is 0 Å². The Balaban J connectivity index is 4.12. The van der Waals surface area contributed by atoms with Crippen molar-refractivity contribution in [3.05, 3.63) is 11.7 Å². The zero-order valence-electron chi connectivity index (χ0n) is 9.89. The standard InChI is InChI=1S/C11H18F2O3/c1-4-6-7-15-9(5-2)16-11(14)8(3)10(12)13/h9H,4-7H2,1-3H3. The Bertz CT molecular complexity index is 248. The van der Waals surface area contributed by atoms with E-state index >= 15 is 0 Å². The molecule has 0 aromatic rings. The molecule has 0 bridgehead atoms. The van der Waals surface area contributed by atoms with Crippen LogP contribution in [-0.2, 0) is 14.3 Å². The number of ether oxygens (including phenoxy) is 2. The van der Waals surface area contributed by atoms with E-state index in [4.69, 9.17) is 9.47 Å². The zero-order valence-corrected chi connectivity index (χ0v) is 9.89. The quantitative estimate of drug-likeness (QED) is 0.294. The van der Waals surface area contributed by atoms with E-state index in [0.29, 0.717) is 13.0 Å². The Hall–Kier alpha value is -0.970. The SMILES string of the molecule is CCCCOC(CC)OC(=O)C(C)=C(F)F. The Morgan fingerprint density at radius 3 is 2.38 bits per heavy atom. The molecule has 16 heavy (non-hydrogen) atoms. The highest BCUT2D eigenvalue weighted by molar-refractivity contribution is 5.87. The summed E-state index contributed by atoms with van der Waals surface area (Å²) in [5.41, 5.74) is -0.669. The van der Waals surface area contributed by atoms with Crippen LogP contribution in [0.25, 0.3) is 0 Å². The topological polar surface area (TPSA) is 35.5 Å². The monoisotopic (exact) mass is 236 g/mol. The average molecular weight is 236 g/mol. The van der Waals surface area contributed by atoms with Crippen molar-refractivity contribution in [1.29, 1.82) is 0 Å². The third kappa shape index (κ3) is 5.80. The predicted octanol–water partition coefficient (Wildman–Crippen LogP) is 3.25. The van der Waals surface area contributed by atoms with Gasteiger partial charge in [0.05, 0.1) is 12.2 Å². The van der Waals surface area contributed by atoms with Crippen molar-refractivity contribution in [2.75, 3.05) is 6.61 Å². The first-order valence-corrected chi connectivity index (χ1v) is 5.37. The first-order valence-electron chi connectivity index (χ1n) is 5.37. The zero-order chi connectivity index (χ0) is 12.6. The van der Waals surface area contributed by atoms with E-state index in [1.165, 1.54) is 0 Å². The molecule has 1 unspecified atom stereocenters. The van der Waals surface area contributed by atoms with Crippen LogP contribution in [-0.4, -0.2) is 18.9 Å². The van der Waals surface area contributed by atoms with Gasteiger partial charge in [-0.3, -0.25) is 0 Å². The Labute approximate surface area is 94.4 Å². The van der Waals surface area contributed by atoms with Crippen molar-refractivity contribution < 1.29 is 23.0 Å². The summed E-state index contributed by atoms with van der Waals surface area (Å²) in [4.78, 5) is 11.1. The molecule has 0 heterocycles. The van der Waals surface area contributed by atoms with E-state index in [1.54, 1.807) is 6.92 Å². The number of unbranched alkanes of at least 4 members (excludes halogenated alkanes) is 1. The number of carbonyl (C=O) groups excluding carboxylic acids is 1. The Morgan fingerprint density at radius 2 is 1.94 bits per heavy atom. The minimum Gasteiger partial charge on any atom is -0.432 e. The minimum absolute atomic E-state index is 0.441. The fraction of sp³-hybridized carbons (Fsp3) is 0.727. The predicted molar refractivity (Wildman–Crippen MR) is 55.9 cm³/mol. The summed E-state index contributed by atoms with van der Waals surface area (Å²) >= 11 is 0. The summed E-state index contributed by atoms with van der Waals surface area (Å²) in [6, 6.07) is 0. The fourth-order valence-corrected chi connectivity index (χ4v) is 0.879. The van der Waals surface area contributed by atoms with E-state index in [0.717, 1.165) is 19.8 Å². The molecular weight excluding hydrogens is 218 g/mol. The van der Waals surface area contributed by atoms with Gasteiger partial charge in [-0.05, 0) is 13.3 Å². The molecule has 0 radical (unpaired) electrons. The van der Waals surface area contributed by atoms with E-state index in [-0.39, 0.29) is 0 Å². The van der Waals surface area contributed by atoms with Crippen LogP contribution in [0.1, 0.15) is 40.0 Å². The van der Waals surface area contributed by atoms with E-state index in [2.05, 4.69) is 0 Å². The van der Waals surface area contributed by atoms with E-state index in [1.807, 2.05) is 6.92 Å². The number of rotatable bonds is 7. The summed E-state index contributed by atoms with van der Waals surface area (Å²) in [5, 5.41) is 0. The van der Waals surface area contributed by atoms with Gasteiger partial charge in [0.25, 0.3) is 6.08 Å². The van der Waals surface area contributed by atoms with Crippen molar-refractivity contribution >= 4 is 5.97 Å². The molecule has 3 nitrogen and oxygen atoms in total. The summed E-state index contributed by atoms with van der Waals surface area (Å²) in [6.07, 6.45) is -0.513. The van der Waals surface area contributed by atoms with Crippen LogP contribution in [0.15, 0.2) is 11.7 Å². The van der Waals surface area contributed by atoms with Gasteiger partial charge >= 0.3 is 5.97 Å². The highest BCUT2D eigenvalue weighted by atomic mass is 19.3. The normalized spacial score (nSPS) is 12.1. The number of hydrogen-bond donors (Lipinski definition) is 0. The van der Waals surface area contributed by atoms with Crippen molar-refractivity contribution in [3.63, 3.8) is 0 Å². The van der Waals surface area contributed by atoms with Crippen molar-refractivity contribution in [1.82, 2.24) is 0 Å². The second-order valence-electron chi connectivity index (χ2n) is 3.35. The van der Waals surface area contributed by atoms with Crippen molar-refractivity contribution in [2.24, 2.45) is 0 Å². The van der Waals surface area contributed by atoms with Crippen LogP contribution in [0.4, 0.5) is 8.78 Å². The third-order valence-corrected chi connectivity index (χ3v) is 1.96. The van der Waals surface area contributed by atoms with Crippen molar-refractivity contribution in [3.8, 4) is 0 Å². The molecule has 0 aromatic carbocycles. The maximum Gasteiger partial charge on any atom is 0.341 e. The second kappa shape index (κ2) is 8.21. The molecule has 0 aromatic heterocycles. The lowest BCUT2D eigenvalue weighted by atomic mass is 10.3. The molecule has 5 heteroatoms. The van der Waals surface area contributed by atoms with E-state index in [9.17, 15) is 13.6 Å². The first kappa shape index (κ1) is 15.0. The van der Waals surface area contributed by atoms with Gasteiger partial charge in [-0.25, -0.2) is 4.79 Å². The van der Waals surface area contributed by atoms with Gasteiger partial charge in [-0.2, -0.15) is 8.78 Å². The molecule has 0 amide bonds. The van der Waals surface area contributed by atoms with Crippen LogP contribution < -0.4 is 0 Å². The summed E-state index contributed by atoms with van der Waals surface area (Å²) in [7, 11) is 0. The van der Waals surface area contributed by atoms with Gasteiger partial charge in [-0.15, -0.1) is 0 Å². The van der Waals surface area contributed by atoms with Crippen LogP contribution in [0.5, 0.6) is 0 Å². The number of esters is 1. The smallest absolute Gasteiger partial charge is 0.341 e. The van der Waals surface area contributed by atoms with E-state index < -0.39 is 23.9 Å². The maximum atomic E-state index is 12.1. The van der Waals surface area contributed by atoms with Gasteiger partial charge in [0.1, 0.15) is 0 Å². The molecule has 0 aliphatic carbocycles. The molecule has 94 valence electrons. The maximum absolute atomic E-state index is 12.1. The lowest BCUT2D eigenvalue weighted by Crippen LogP contribution is -2.22. The van der Waals surface area contributed by atoms with Crippen LogP contribution in [0, 0.1) is 0 Å². The molecule has 0 saturated heterocycles. The number of carbonyl (C=O) groups is 1. The molecule has 0 N–H and O–H groups in total. The first-order chi connectivity index (χ1) is 7.52. The Kier molecular flexibility index (Phi) is 7.72. The van der Waals surface area contributed by atoms with Gasteiger partial charge in [0, 0.05) is 6.42 Å². The Morgan fingerprint density at radius 1 is 1.31 bits per heavy atom. The van der Waals surface area contributed by atoms with Gasteiger partial charge in [-0.1, -0.05) is 20.3 Å². The lowest BCUT2D eigenvalue weighted by molar-refractivity contribution is -0.175. The van der Waals surface area contributed by atoms with Crippen LogP contribution in [0.3, 0.4) is 0 Å². The molecule has 0 rings (SSSR count). The summed E-state index contributed by atoms with van der Waals surface area (Å²) < 4.78 is 34.1. The van der Waals surface area contributed by atoms with Gasteiger partial charge in [0.15, 0.2) is 0 Å². The number of halogens is 2. The fourth-order valence-electron chi connectivity index (χ4n) is 0.879. The third-order valence-electron chi connectivity index (χ3n) is 1.96. The van der Waals surface area contributed by atoms with Crippen molar-refractivity contribution in [2.45, 2.75) is 46.3 Å². The minimum atomic E-state index is -2.02. The summed E-state index contributed by atoms with van der Waals surface area (Å²) in [6.45, 7) is 5.25.